The van der Waals surface area contributed by atoms with Crippen LogP contribution in [-0.4, -0.2) is 39.6 Å². The van der Waals surface area contributed by atoms with E-state index >= 15 is 0 Å². The van der Waals surface area contributed by atoms with Gasteiger partial charge in [-0.2, -0.15) is 5.10 Å². The number of rotatable bonds is 6. The molecule has 1 aliphatic heterocycles. The minimum Gasteiger partial charge on any atom is -0.491 e. The first-order valence-electron chi connectivity index (χ1n) is 11.3. The first-order valence-corrected chi connectivity index (χ1v) is 11.3. The van der Waals surface area contributed by atoms with Gasteiger partial charge in [0.25, 0.3) is 5.91 Å². The molecule has 2 amide bonds. The number of carbonyl (C=O) groups excluding carboxylic acids is 2. The number of aryl methyl sites for hydroxylation is 2. The molecule has 7 nitrogen and oxygen atoms in total. The SMILES string of the molecule is Cc1nn(C)c(C)c1CCC(=O)N1CCOc2ccc(C(=O)NCc3ccccc3)cc2C1. The van der Waals surface area contributed by atoms with Gasteiger partial charge in [-0.1, -0.05) is 30.3 Å². The lowest BCUT2D eigenvalue weighted by molar-refractivity contribution is -0.131. The van der Waals surface area contributed by atoms with Crippen molar-refractivity contribution in [1.29, 1.82) is 0 Å². The van der Waals surface area contributed by atoms with E-state index in [0.29, 0.717) is 44.6 Å². The molecule has 1 N–H and O–H groups in total. The van der Waals surface area contributed by atoms with Gasteiger partial charge in [0.05, 0.1) is 12.2 Å². The predicted octanol–water partition coefficient (Wildman–Crippen LogP) is 3.32. The summed E-state index contributed by atoms with van der Waals surface area (Å²) < 4.78 is 7.71. The summed E-state index contributed by atoms with van der Waals surface area (Å²) in [4.78, 5) is 27.5. The number of ether oxygens (including phenoxy) is 1. The Hall–Kier alpha value is -3.61. The molecule has 0 bridgehead atoms. The van der Waals surface area contributed by atoms with Gasteiger partial charge in [-0.25, -0.2) is 0 Å². The summed E-state index contributed by atoms with van der Waals surface area (Å²) in [7, 11) is 1.92. The lowest BCUT2D eigenvalue weighted by atomic mass is 10.1. The summed E-state index contributed by atoms with van der Waals surface area (Å²) in [6, 6.07) is 15.2. The third kappa shape index (κ3) is 5.25. The van der Waals surface area contributed by atoms with E-state index in [1.807, 2.05) is 72.9 Å². The lowest BCUT2D eigenvalue weighted by Gasteiger charge is -2.20. The molecule has 4 rings (SSSR count). The second-order valence-corrected chi connectivity index (χ2v) is 8.43. The second-order valence-electron chi connectivity index (χ2n) is 8.43. The van der Waals surface area contributed by atoms with Crippen molar-refractivity contribution in [2.24, 2.45) is 7.05 Å². The van der Waals surface area contributed by atoms with Gasteiger partial charge in [-0.15, -0.1) is 0 Å². The molecule has 0 unspecified atom stereocenters. The molecule has 7 heteroatoms. The molecule has 1 aromatic heterocycles. The van der Waals surface area contributed by atoms with Crippen LogP contribution in [0.5, 0.6) is 5.75 Å². The zero-order chi connectivity index (χ0) is 23.4. The Labute approximate surface area is 194 Å². The van der Waals surface area contributed by atoms with Crippen molar-refractivity contribution >= 4 is 11.8 Å². The van der Waals surface area contributed by atoms with E-state index in [9.17, 15) is 9.59 Å². The van der Waals surface area contributed by atoms with Gasteiger partial charge in [0, 0.05) is 43.4 Å². The Kier molecular flexibility index (Phi) is 6.77. The number of fused-ring (bicyclic) bond motifs is 1. The van der Waals surface area contributed by atoms with Gasteiger partial charge in [-0.3, -0.25) is 14.3 Å². The lowest BCUT2D eigenvalue weighted by Crippen LogP contribution is -2.32. The minimum atomic E-state index is -0.147. The molecule has 0 saturated heterocycles. The molecule has 2 aromatic carbocycles. The summed E-state index contributed by atoms with van der Waals surface area (Å²) >= 11 is 0. The van der Waals surface area contributed by atoms with Crippen LogP contribution in [0, 0.1) is 13.8 Å². The third-order valence-electron chi connectivity index (χ3n) is 6.20. The fourth-order valence-corrected chi connectivity index (χ4v) is 4.20. The van der Waals surface area contributed by atoms with Crippen LogP contribution in [-0.2, 0) is 31.4 Å². The molecule has 0 saturated carbocycles. The van der Waals surface area contributed by atoms with Crippen molar-refractivity contribution in [3.8, 4) is 5.75 Å². The van der Waals surface area contributed by atoms with E-state index in [0.717, 1.165) is 33.8 Å². The molecule has 0 fully saturated rings. The van der Waals surface area contributed by atoms with Crippen molar-refractivity contribution in [3.05, 3.63) is 82.2 Å². The molecular weight excluding hydrogens is 416 g/mol. The average molecular weight is 447 g/mol. The zero-order valence-electron chi connectivity index (χ0n) is 19.4. The monoisotopic (exact) mass is 446 g/mol. The maximum absolute atomic E-state index is 13.0. The first kappa shape index (κ1) is 22.6. The van der Waals surface area contributed by atoms with Gasteiger partial charge >= 0.3 is 0 Å². The highest BCUT2D eigenvalue weighted by Crippen LogP contribution is 2.25. The van der Waals surface area contributed by atoms with Gasteiger partial charge < -0.3 is 15.0 Å². The fraction of sp³-hybridized carbons (Fsp3) is 0.346. The van der Waals surface area contributed by atoms with Crippen molar-refractivity contribution in [2.45, 2.75) is 39.8 Å². The maximum Gasteiger partial charge on any atom is 0.251 e. The van der Waals surface area contributed by atoms with Crippen molar-refractivity contribution < 1.29 is 14.3 Å². The van der Waals surface area contributed by atoms with Crippen molar-refractivity contribution in [2.75, 3.05) is 13.2 Å². The van der Waals surface area contributed by atoms with Gasteiger partial charge in [0.2, 0.25) is 5.91 Å². The van der Waals surface area contributed by atoms with Crippen LogP contribution in [0.2, 0.25) is 0 Å². The number of hydrogen-bond acceptors (Lipinski definition) is 4. The molecule has 1 aliphatic rings. The smallest absolute Gasteiger partial charge is 0.251 e. The second kappa shape index (κ2) is 9.90. The predicted molar refractivity (Wildman–Crippen MR) is 126 cm³/mol. The fourth-order valence-electron chi connectivity index (χ4n) is 4.20. The average Bonchev–Trinajstić information content (AvgIpc) is 2.97. The molecule has 33 heavy (non-hydrogen) atoms. The standard InChI is InChI=1S/C26H30N4O3/c1-18-23(19(2)29(3)28-18)10-12-25(31)30-13-14-33-24-11-9-21(15-22(24)17-30)26(32)27-16-20-7-5-4-6-8-20/h4-9,11,15H,10,12-14,16-17H2,1-3H3,(H,27,32). The molecule has 0 spiro atoms. The number of nitrogens with one attached hydrogen (secondary N) is 1. The Morgan fingerprint density at radius 1 is 1.12 bits per heavy atom. The minimum absolute atomic E-state index is 0.0769. The maximum atomic E-state index is 13.0. The van der Waals surface area contributed by atoms with Crippen molar-refractivity contribution in [3.63, 3.8) is 0 Å². The third-order valence-corrected chi connectivity index (χ3v) is 6.20. The van der Waals surface area contributed by atoms with Crippen LogP contribution in [0.3, 0.4) is 0 Å². The molecule has 0 radical (unpaired) electrons. The zero-order valence-corrected chi connectivity index (χ0v) is 19.4. The number of aromatic nitrogens is 2. The van der Waals surface area contributed by atoms with E-state index in [2.05, 4.69) is 10.4 Å². The van der Waals surface area contributed by atoms with E-state index < -0.39 is 0 Å². The van der Waals surface area contributed by atoms with E-state index in [1.54, 1.807) is 6.07 Å². The number of benzene rings is 2. The molecule has 0 aliphatic carbocycles. The van der Waals surface area contributed by atoms with Gasteiger partial charge in [0.1, 0.15) is 12.4 Å². The van der Waals surface area contributed by atoms with Crippen LogP contribution in [0.1, 0.15) is 44.9 Å². The van der Waals surface area contributed by atoms with E-state index in [1.165, 1.54) is 0 Å². The molecule has 3 aromatic rings. The van der Waals surface area contributed by atoms with E-state index in [4.69, 9.17) is 4.74 Å². The summed E-state index contributed by atoms with van der Waals surface area (Å²) in [6.07, 6.45) is 1.08. The summed E-state index contributed by atoms with van der Waals surface area (Å²) in [5.74, 6) is 0.656. The normalized spacial score (nSPS) is 13.1. The number of nitrogens with zero attached hydrogens (tertiary/aromatic N) is 3. The van der Waals surface area contributed by atoms with Gasteiger partial charge in [-0.05, 0) is 49.6 Å². The highest BCUT2D eigenvalue weighted by molar-refractivity contribution is 5.94. The molecular formula is C26H30N4O3. The number of hydrogen-bond donors (Lipinski definition) is 1. The molecule has 0 atom stereocenters. The Morgan fingerprint density at radius 2 is 1.91 bits per heavy atom. The Bertz CT molecular complexity index is 1150. The van der Waals surface area contributed by atoms with Gasteiger partial charge in [0.15, 0.2) is 0 Å². The summed E-state index contributed by atoms with van der Waals surface area (Å²) in [6.45, 7) is 5.86. The van der Waals surface area contributed by atoms with Crippen LogP contribution >= 0.6 is 0 Å². The summed E-state index contributed by atoms with van der Waals surface area (Å²) in [5.41, 5.74) is 5.65. The highest BCUT2D eigenvalue weighted by atomic mass is 16.5. The Balaban J connectivity index is 1.41. The van der Waals surface area contributed by atoms with Crippen LogP contribution in [0.15, 0.2) is 48.5 Å². The quantitative estimate of drug-likeness (QED) is 0.630. The summed E-state index contributed by atoms with van der Waals surface area (Å²) in [5, 5.41) is 7.39. The Morgan fingerprint density at radius 3 is 2.64 bits per heavy atom. The molecule has 2 heterocycles. The largest absolute Gasteiger partial charge is 0.491 e. The van der Waals surface area contributed by atoms with Crippen LogP contribution < -0.4 is 10.1 Å². The van der Waals surface area contributed by atoms with Crippen LogP contribution in [0.25, 0.3) is 0 Å². The topological polar surface area (TPSA) is 76.5 Å². The number of amides is 2. The van der Waals surface area contributed by atoms with E-state index in [-0.39, 0.29) is 11.8 Å². The van der Waals surface area contributed by atoms with Crippen molar-refractivity contribution in [1.82, 2.24) is 20.0 Å². The highest BCUT2D eigenvalue weighted by Gasteiger charge is 2.22. The molecule has 172 valence electrons. The first-order chi connectivity index (χ1) is 15.9. The van der Waals surface area contributed by atoms with Crippen LogP contribution in [0.4, 0.5) is 0 Å². The number of carbonyl (C=O) groups is 2.